The van der Waals surface area contributed by atoms with E-state index >= 15 is 0 Å². The molecule has 3 aromatic carbocycles. The summed E-state index contributed by atoms with van der Waals surface area (Å²) in [4.78, 5) is 28.9. The summed E-state index contributed by atoms with van der Waals surface area (Å²) in [6.45, 7) is 5.74. The Bertz CT molecular complexity index is 1510. The van der Waals surface area contributed by atoms with Gasteiger partial charge in [-0.1, -0.05) is 61.4 Å². The molecule has 2 amide bonds. The summed E-state index contributed by atoms with van der Waals surface area (Å²) in [6.07, 6.45) is 2.61. The predicted molar refractivity (Wildman–Crippen MR) is 170 cm³/mol. The predicted octanol–water partition coefficient (Wildman–Crippen LogP) is 6.45. The summed E-state index contributed by atoms with van der Waals surface area (Å²) in [7, 11) is 0. The molecule has 1 fully saturated rings. The van der Waals surface area contributed by atoms with Gasteiger partial charge >= 0.3 is 0 Å². The number of benzene rings is 3. The number of anilines is 3. The van der Waals surface area contributed by atoms with Gasteiger partial charge in [0, 0.05) is 17.3 Å². The van der Waals surface area contributed by atoms with Gasteiger partial charge in [0.2, 0.25) is 11.8 Å². The molecule has 0 unspecified atom stereocenters. The first-order valence-corrected chi connectivity index (χ1v) is 15.0. The molecule has 3 aromatic rings. The van der Waals surface area contributed by atoms with Crippen molar-refractivity contribution in [2.45, 2.75) is 46.1 Å². The number of carbonyl (C=O) groups is 2. The Morgan fingerprint density at radius 2 is 1.60 bits per heavy atom. The number of hydrogen-bond donors (Lipinski definition) is 4. The highest BCUT2D eigenvalue weighted by molar-refractivity contribution is 6.22. The van der Waals surface area contributed by atoms with Gasteiger partial charge in [-0.05, 0) is 91.8 Å². The molecule has 1 saturated heterocycles. The third kappa shape index (κ3) is 6.43. The van der Waals surface area contributed by atoms with Crippen LogP contribution in [-0.2, 0) is 9.59 Å². The zero-order valence-electron chi connectivity index (χ0n) is 24.9. The molecule has 0 bridgehead atoms. The second-order valence-corrected chi connectivity index (χ2v) is 11.9. The van der Waals surface area contributed by atoms with E-state index in [0.29, 0.717) is 30.5 Å². The Morgan fingerprint density at radius 3 is 2.23 bits per heavy atom. The molecular weight excluding hydrogens is 540 g/mol. The van der Waals surface area contributed by atoms with Gasteiger partial charge in [-0.15, -0.1) is 0 Å². The second kappa shape index (κ2) is 13.0. The lowest BCUT2D eigenvalue weighted by Crippen LogP contribution is -2.39. The number of fused-ring (bicyclic) bond motifs is 1. The van der Waals surface area contributed by atoms with Crippen molar-refractivity contribution in [3.63, 3.8) is 0 Å². The molecule has 1 heterocycles. The van der Waals surface area contributed by atoms with Gasteiger partial charge in [0.05, 0.1) is 30.2 Å². The van der Waals surface area contributed by atoms with Crippen LogP contribution in [0.4, 0.5) is 17.1 Å². The van der Waals surface area contributed by atoms with E-state index in [1.54, 1.807) is 24.3 Å². The number of aromatic hydroxyl groups is 1. The van der Waals surface area contributed by atoms with E-state index < -0.39 is 23.9 Å². The molecule has 1 aliphatic carbocycles. The highest BCUT2D eigenvalue weighted by Crippen LogP contribution is 2.49. The Morgan fingerprint density at radius 1 is 0.953 bits per heavy atom. The Balaban J connectivity index is 1.35. The third-order valence-corrected chi connectivity index (χ3v) is 8.68. The largest absolute Gasteiger partial charge is 0.508 e. The average molecular weight is 581 g/mol. The van der Waals surface area contributed by atoms with Crippen molar-refractivity contribution in [3.8, 4) is 5.75 Å². The Hall–Kier alpha value is -4.20. The molecule has 0 spiro atoms. The van der Waals surface area contributed by atoms with Crippen molar-refractivity contribution >= 4 is 35.0 Å². The summed E-state index contributed by atoms with van der Waals surface area (Å²) in [6, 6.07) is 23.9. The lowest BCUT2D eigenvalue weighted by Gasteiger charge is -2.38. The highest BCUT2D eigenvalue weighted by atomic mass is 16.3. The van der Waals surface area contributed by atoms with Crippen LogP contribution in [0.2, 0.25) is 0 Å². The summed E-state index contributed by atoms with van der Waals surface area (Å²) < 4.78 is 0. The summed E-state index contributed by atoms with van der Waals surface area (Å²) in [5, 5.41) is 35.0. The number of allylic oxidation sites excluding steroid dienone is 2. The van der Waals surface area contributed by atoms with Crippen LogP contribution in [0.3, 0.4) is 0 Å². The van der Waals surface area contributed by atoms with E-state index in [0.717, 1.165) is 28.1 Å². The average Bonchev–Trinajstić information content (AvgIpc) is 3.26. The molecule has 4 atom stereocenters. The number of carbonyl (C=O) groups excluding carboxylic acids is 2. The maximum atomic E-state index is 13.9. The van der Waals surface area contributed by atoms with Crippen LogP contribution in [0.25, 0.3) is 6.08 Å². The molecule has 7 nitrogen and oxygen atoms in total. The SMILES string of the molecule is C/C(=C\c1ccc(O)cc1)CC[C@@H](O)C1=C(C(C)C)C[C@H]2C(=O)N(c3ccc(Nc4ccccc4)cc3)C(=O)[C@H]2[C@H]1CO. The van der Waals surface area contributed by atoms with Crippen LogP contribution in [0.1, 0.15) is 45.6 Å². The highest BCUT2D eigenvalue weighted by Gasteiger charge is 2.55. The van der Waals surface area contributed by atoms with Crippen LogP contribution in [0.5, 0.6) is 5.75 Å². The standard InChI is InChI=1S/C36H40N2O5/c1-22(2)29-20-30-34(31(21-39)33(29)32(41)18-9-23(3)19-24-10-16-28(40)17-11-24)36(43)38(35(30)42)27-14-12-26(13-15-27)37-25-7-5-4-6-8-25/h4-8,10-17,19,22,30-32,34,37,39-41H,9,18,20-21H2,1-3H3/b23-19+/t30-,31+,32-,34-/m1/s1. The first kappa shape index (κ1) is 30.3. The van der Waals surface area contributed by atoms with Crippen LogP contribution in [-0.4, -0.2) is 39.8 Å². The number of aliphatic hydroxyl groups excluding tert-OH is 2. The fraction of sp³-hybridized carbons (Fsp3) is 0.333. The molecule has 2 aliphatic rings. The van der Waals surface area contributed by atoms with E-state index in [2.05, 4.69) is 5.32 Å². The topological polar surface area (TPSA) is 110 Å². The van der Waals surface area contributed by atoms with E-state index in [4.69, 9.17) is 0 Å². The molecule has 224 valence electrons. The quantitative estimate of drug-likeness (QED) is 0.162. The van der Waals surface area contributed by atoms with Gasteiger partial charge in [-0.25, -0.2) is 0 Å². The zero-order chi connectivity index (χ0) is 30.7. The minimum Gasteiger partial charge on any atom is -0.508 e. The van der Waals surface area contributed by atoms with E-state index in [1.165, 1.54) is 4.90 Å². The number of imide groups is 1. The molecule has 5 rings (SSSR count). The van der Waals surface area contributed by atoms with Gasteiger partial charge in [0.25, 0.3) is 0 Å². The lowest BCUT2D eigenvalue weighted by atomic mass is 9.66. The van der Waals surface area contributed by atoms with E-state index in [-0.39, 0.29) is 30.1 Å². The third-order valence-electron chi connectivity index (χ3n) is 8.68. The molecular formula is C36H40N2O5. The molecule has 0 saturated carbocycles. The number of phenolic OH excluding ortho intramolecular Hbond substituents is 1. The number of nitrogens with zero attached hydrogens (tertiary/aromatic N) is 1. The first-order valence-electron chi connectivity index (χ1n) is 15.0. The smallest absolute Gasteiger partial charge is 0.238 e. The normalized spacial score (nSPS) is 21.4. The molecule has 0 aromatic heterocycles. The van der Waals surface area contributed by atoms with Crippen molar-refractivity contribution in [1.82, 2.24) is 0 Å². The molecule has 7 heteroatoms. The van der Waals surface area contributed by atoms with Crippen molar-refractivity contribution < 1.29 is 24.9 Å². The molecule has 4 N–H and O–H groups in total. The minimum absolute atomic E-state index is 0.0496. The first-order chi connectivity index (χ1) is 20.7. The maximum absolute atomic E-state index is 13.9. The van der Waals surface area contributed by atoms with Gasteiger partial charge in [-0.3, -0.25) is 14.5 Å². The van der Waals surface area contributed by atoms with Gasteiger partial charge < -0.3 is 20.6 Å². The van der Waals surface area contributed by atoms with E-state index in [9.17, 15) is 24.9 Å². The molecule has 43 heavy (non-hydrogen) atoms. The summed E-state index contributed by atoms with van der Waals surface area (Å²) in [5.41, 5.74) is 5.96. The maximum Gasteiger partial charge on any atom is 0.238 e. The molecule has 0 radical (unpaired) electrons. The second-order valence-electron chi connectivity index (χ2n) is 11.9. The van der Waals surface area contributed by atoms with Crippen LogP contribution >= 0.6 is 0 Å². The van der Waals surface area contributed by atoms with Crippen molar-refractivity contribution in [2.24, 2.45) is 23.7 Å². The number of phenols is 1. The van der Waals surface area contributed by atoms with Crippen LogP contribution in [0.15, 0.2) is 95.6 Å². The Labute approximate surface area is 253 Å². The molecule has 1 aliphatic heterocycles. The number of aliphatic hydroxyl groups is 2. The number of amides is 2. The van der Waals surface area contributed by atoms with Crippen molar-refractivity contribution in [1.29, 1.82) is 0 Å². The fourth-order valence-corrected chi connectivity index (χ4v) is 6.53. The summed E-state index contributed by atoms with van der Waals surface area (Å²) >= 11 is 0. The van der Waals surface area contributed by atoms with Gasteiger partial charge in [0.1, 0.15) is 5.75 Å². The Kier molecular flexibility index (Phi) is 9.14. The fourth-order valence-electron chi connectivity index (χ4n) is 6.53. The minimum atomic E-state index is -0.848. The van der Waals surface area contributed by atoms with E-state index in [1.807, 2.05) is 81.4 Å². The number of hydrogen-bond acceptors (Lipinski definition) is 6. The van der Waals surface area contributed by atoms with Crippen LogP contribution in [0, 0.1) is 23.7 Å². The number of nitrogens with one attached hydrogen (secondary N) is 1. The number of para-hydroxylation sites is 1. The summed E-state index contributed by atoms with van der Waals surface area (Å²) in [5.74, 6) is -2.25. The van der Waals surface area contributed by atoms with Crippen LogP contribution < -0.4 is 10.2 Å². The number of rotatable bonds is 10. The zero-order valence-corrected chi connectivity index (χ0v) is 24.9. The lowest BCUT2D eigenvalue weighted by molar-refractivity contribution is -0.123. The van der Waals surface area contributed by atoms with Gasteiger partial charge in [0.15, 0.2) is 0 Å². The monoisotopic (exact) mass is 580 g/mol. The van der Waals surface area contributed by atoms with Gasteiger partial charge in [-0.2, -0.15) is 0 Å². The van der Waals surface area contributed by atoms with Crippen molar-refractivity contribution in [2.75, 3.05) is 16.8 Å². The van der Waals surface area contributed by atoms with Crippen molar-refractivity contribution in [3.05, 3.63) is 101 Å².